The molecule has 1 aliphatic rings. The van der Waals surface area contributed by atoms with E-state index in [9.17, 15) is 22.4 Å². The summed E-state index contributed by atoms with van der Waals surface area (Å²) in [6.07, 6.45) is 5.36. The van der Waals surface area contributed by atoms with Gasteiger partial charge in [-0.15, -0.1) is 0 Å². The topological polar surface area (TPSA) is 147 Å². The van der Waals surface area contributed by atoms with Crippen LogP contribution >= 0.6 is 0 Å². The Morgan fingerprint density at radius 2 is 1.86 bits per heavy atom. The van der Waals surface area contributed by atoms with Crippen LogP contribution in [0.15, 0.2) is 30.6 Å². The number of nitrogens with zero attached hydrogens (tertiary/aromatic N) is 4. The molecule has 0 unspecified atom stereocenters. The predicted octanol–water partition coefficient (Wildman–Crippen LogP) is 1.34. The molecule has 2 amide bonds. The summed E-state index contributed by atoms with van der Waals surface area (Å²) in [7, 11) is -3.24. The molecule has 0 spiro atoms. The summed E-state index contributed by atoms with van der Waals surface area (Å²) in [5.41, 5.74) is 1.33. The van der Waals surface area contributed by atoms with Gasteiger partial charge in [0.2, 0.25) is 10.0 Å². The molecule has 1 fully saturated rings. The molecule has 36 heavy (non-hydrogen) atoms. The van der Waals surface area contributed by atoms with Gasteiger partial charge in [-0.3, -0.25) is 9.59 Å². The molecular weight excluding hydrogens is 489 g/mol. The summed E-state index contributed by atoms with van der Waals surface area (Å²) in [5, 5.41) is 9.66. The van der Waals surface area contributed by atoms with Crippen molar-refractivity contribution >= 4 is 27.6 Å². The van der Waals surface area contributed by atoms with Crippen molar-refractivity contribution in [1.29, 1.82) is 0 Å². The molecule has 0 bridgehead atoms. The lowest BCUT2D eigenvalue weighted by Crippen LogP contribution is -2.39. The van der Waals surface area contributed by atoms with E-state index in [2.05, 4.69) is 30.4 Å². The van der Waals surface area contributed by atoms with Gasteiger partial charge in [0, 0.05) is 25.2 Å². The van der Waals surface area contributed by atoms with Crippen molar-refractivity contribution < 1.29 is 22.4 Å². The van der Waals surface area contributed by atoms with Crippen molar-refractivity contribution in [2.45, 2.75) is 45.2 Å². The standard InChI is InChI=1S/C23H28FN7O4S/c1-14-9-16(5-8-18(14)24)12-25-21(32)19-10-20(31-23(29-19)27-13-28-31)22(33)26-11-15-3-6-17(7-4-15)30-36(2,34)35/h5,8-10,13,15,17,30H,3-4,6-7,11-12H2,1-2H3,(H,25,32)(H,26,33). The highest BCUT2D eigenvalue weighted by atomic mass is 32.2. The van der Waals surface area contributed by atoms with E-state index in [1.807, 2.05) is 0 Å². The Labute approximate surface area is 208 Å². The zero-order chi connectivity index (χ0) is 25.9. The zero-order valence-electron chi connectivity index (χ0n) is 20.0. The van der Waals surface area contributed by atoms with Gasteiger partial charge < -0.3 is 10.6 Å². The van der Waals surface area contributed by atoms with Gasteiger partial charge >= 0.3 is 0 Å². The van der Waals surface area contributed by atoms with Gasteiger partial charge in [-0.05, 0) is 55.7 Å². The molecule has 1 aliphatic carbocycles. The molecular formula is C23H28FN7O4S. The van der Waals surface area contributed by atoms with Crippen molar-refractivity contribution in [2.75, 3.05) is 12.8 Å². The minimum atomic E-state index is -3.24. The number of aryl methyl sites for hydroxylation is 1. The van der Waals surface area contributed by atoms with E-state index in [4.69, 9.17) is 0 Å². The summed E-state index contributed by atoms with van der Waals surface area (Å²) in [4.78, 5) is 34.0. The van der Waals surface area contributed by atoms with Crippen LogP contribution in [0.25, 0.3) is 5.78 Å². The Kier molecular flexibility index (Phi) is 7.59. The number of halogens is 1. The third-order valence-electron chi connectivity index (χ3n) is 6.17. The number of rotatable bonds is 8. The Hall–Kier alpha value is -3.45. The number of sulfonamides is 1. The number of carbonyl (C=O) groups is 2. The summed E-state index contributed by atoms with van der Waals surface area (Å²) in [6.45, 7) is 2.22. The first-order valence-electron chi connectivity index (χ1n) is 11.6. The molecule has 11 nitrogen and oxygen atoms in total. The number of aromatic nitrogens is 4. The number of hydrogen-bond donors (Lipinski definition) is 3. The van der Waals surface area contributed by atoms with Crippen molar-refractivity contribution in [3.63, 3.8) is 0 Å². The fraction of sp³-hybridized carbons (Fsp3) is 0.435. The Morgan fingerprint density at radius 3 is 2.56 bits per heavy atom. The van der Waals surface area contributed by atoms with Crippen LogP contribution in [0.3, 0.4) is 0 Å². The molecule has 1 aromatic carbocycles. The summed E-state index contributed by atoms with van der Waals surface area (Å²) >= 11 is 0. The third kappa shape index (κ3) is 6.40. The first-order valence-corrected chi connectivity index (χ1v) is 13.5. The minimum Gasteiger partial charge on any atom is -0.350 e. The van der Waals surface area contributed by atoms with E-state index < -0.39 is 21.8 Å². The highest BCUT2D eigenvalue weighted by molar-refractivity contribution is 7.88. The van der Waals surface area contributed by atoms with Crippen LogP contribution in [0, 0.1) is 18.7 Å². The number of fused-ring (bicyclic) bond motifs is 1. The largest absolute Gasteiger partial charge is 0.350 e. The molecule has 4 rings (SSSR count). The summed E-state index contributed by atoms with van der Waals surface area (Å²) in [6, 6.07) is 5.85. The highest BCUT2D eigenvalue weighted by Gasteiger charge is 2.24. The first-order chi connectivity index (χ1) is 17.1. The van der Waals surface area contributed by atoms with Gasteiger partial charge in [0.25, 0.3) is 17.6 Å². The van der Waals surface area contributed by atoms with Gasteiger partial charge in [0.1, 0.15) is 23.5 Å². The minimum absolute atomic E-state index is 0.00633. The third-order valence-corrected chi connectivity index (χ3v) is 6.93. The molecule has 0 aliphatic heterocycles. The van der Waals surface area contributed by atoms with Crippen LogP contribution in [0.1, 0.15) is 57.8 Å². The second-order valence-electron chi connectivity index (χ2n) is 9.08. The molecule has 1 saturated carbocycles. The maximum atomic E-state index is 13.5. The molecule has 3 N–H and O–H groups in total. The monoisotopic (exact) mass is 517 g/mol. The van der Waals surface area contributed by atoms with Crippen LogP contribution in [0.2, 0.25) is 0 Å². The molecule has 3 aromatic rings. The smallest absolute Gasteiger partial charge is 0.270 e. The van der Waals surface area contributed by atoms with E-state index in [1.165, 1.54) is 23.0 Å². The maximum Gasteiger partial charge on any atom is 0.270 e. The molecule has 0 radical (unpaired) electrons. The van der Waals surface area contributed by atoms with Crippen molar-refractivity contribution in [3.05, 3.63) is 58.9 Å². The number of nitrogens with one attached hydrogen (secondary N) is 3. The molecule has 2 heterocycles. The number of hydrogen-bond acceptors (Lipinski definition) is 7. The van der Waals surface area contributed by atoms with E-state index in [0.29, 0.717) is 24.9 Å². The van der Waals surface area contributed by atoms with E-state index >= 15 is 0 Å². The van der Waals surface area contributed by atoms with Gasteiger partial charge in [0.15, 0.2) is 0 Å². The van der Waals surface area contributed by atoms with Gasteiger partial charge in [-0.2, -0.15) is 14.6 Å². The molecule has 0 atom stereocenters. The zero-order valence-corrected chi connectivity index (χ0v) is 20.8. The molecule has 2 aromatic heterocycles. The predicted molar refractivity (Wildman–Crippen MR) is 129 cm³/mol. The fourth-order valence-electron chi connectivity index (χ4n) is 4.29. The SMILES string of the molecule is Cc1cc(CNC(=O)c2cc(C(=O)NCC3CCC(NS(C)(=O)=O)CC3)n3ncnc3n2)ccc1F. The Bertz CT molecular complexity index is 1380. The van der Waals surface area contributed by atoms with Crippen LogP contribution in [-0.4, -0.2) is 58.7 Å². The number of amides is 2. The van der Waals surface area contributed by atoms with Crippen LogP contribution in [0.4, 0.5) is 4.39 Å². The Morgan fingerprint density at radius 1 is 1.11 bits per heavy atom. The molecule has 13 heteroatoms. The van der Waals surface area contributed by atoms with E-state index in [-0.39, 0.29) is 41.5 Å². The van der Waals surface area contributed by atoms with E-state index in [1.54, 1.807) is 19.1 Å². The van der Waals surface area contributed by atoms with Crippen LogP contribution in [0.5, 0.6) is 0 Å². The summed E-state index contributed by atoms with van der Waals surface area (Å²) in [5.74, 6) is -0.932. The van der Waals surface area contributed by atoms with Crippen molar-refractivity contribution in [2.24, 2.45) is 5.92 Å². The normalized spacial score (nSPS) is 18.2. The number of carbonyl (C=O) groups excluding carboxylic acids is 2. The molecule has 192 valence electrons. The van der Waals surface area contributed by atoms with Gasteiger partial charge in [-0.1, -0.05) is 12.1 Å². The van der Waals surface area contributed by atoms with Crippen LogP contribution in [-0.2, 0) is 16.6 Å². The average Bonchev–Trinajstić information content (AvgIpc) is 3.31. The highest BCUT2D eigenvalue weighted by Crippen LogP contribution is 2.24. The number of benzene rings is 1. The van der Waals surface area contributed by atoms with Crippen LogP contribution < -0.4 is 15.4 Å². The maximum absolute atomic E-state index is 13.5. The summed E-state index contributed by atoms with van der Waals surface area (Å²) < 4.78 is 40.2. The van der Waals surface area contributed by atoms with Crippen molar-refractivity contribution in [3.8, 4) is 0 Å². The first kappa shape index (κ1) is 25.6. The lowest BCUT2D eigenvalue weighted by Gasteiger charge is -2.28. The lowest BCUT2D eigenvalue weighted by atomic mass is 9.86. The molecule has 0 saturated heterocycles. The Balaban J connectivity index is 1.39. The van der Waals surface area contributed by atoms with Gasteiger partial charge in [-0.25, -0.2) is 22.5 Å². The average molecular weight is 518 g/mol. The fourth-order valence-corrected chi connectivity index (χ4v) is 5.14. The van der Waals surface area contributed by atoms with E-state index in [0.717, 1.165) is 24.7 Å². The second-order valence-corrected chi connectivity index (χ2v) is 10.9. The van der Waals surface area contributed by atoms with Gasteiger partial charge in [0.05, 0.1) is 6.26 Å². The second kappa shape index (κ2) is 10.7. The van der Waals surface area contributed by atoms with Crippen molar-refractivity contribution in [1.82, 2.24) is 34.9 Å². The lowest BCUT2D eigenvalue weighted by molar-refractivity contribution is 0.0935. The quantitative estimate of drug-likeness (QED) is 0.408.